The van der Waals surface area contributed by atoms with Crippen LogP contribution in [0.2, 0.25) is 0 Å². The van der Waals surface area contributed by atoms with Gasteiger partial charge in [-0.15, -0.1) is 0 Å². The molecule has 6 rings (SSSR count). The molecule has 37 heavy (non-hydrogen) atoms. The third-order valence-corrected chi connectivity index (χ3v) is 7.74. The second kappa shape index (κ2) is 10.3. The molecule has 2 aromatic carbocycles. The minimum absolute atomic E-state index is 0.253. The van der Waals surface area contributed by atoms with Crippen LogP contribution in [0.3, 0.4) is 0 Å². The largest absolute Gasteiger partial charge is 0.490 e. The fourth-order valence-electron chi connectivity index (χ4n) is 5.15. The van der Waals surface area contributed by atoms with Crippen molar-refractivity contribution in [3.63, 3.8) is 0 Å². The van der Waals surface area contributed by atoms with Crippen LogP contribution in [0.1, 0.15) is 49.2 Å². The normalized spacial score (nSPS) is 19.8. The average Bonchev–Trinajstić information content (AvgIpc) is 3.66. The van der Waals surface area contributed by atoms with Crippen LogP contribution in [0.15, 0.2) is 87.9 Å². The van der Waals surface area contributed by atoms with Gasteiger partial charge in [0, 0.05) is 16.4 Å². The maximum atomic E-state index is 14.7. The molecule has 0 radical (unpaired) electrons. The van der Waals surface area contributed by atoms with Gasteiger partial charge >= 0.3 is 0 Å². The van der Waals surface area contributed by atoms with Crippen LogP contribution in [0.5, 0.6) is 5.75 Å². The zero-order valence-corrected chi connectivity index (χ0v) is 22.3. The fraction of sp³-hybridized carbons (Fsp3) is 0.241. The van der Waals surface area contributed by atoms with E-state index in [1.165, 1.54) is 18.9 Å². The molecule has 0 unspecified atom stereocenters. The topological polar surface area (TPSA) is 50.5 Å². The summed E-state index contributed by atoms with van der Waals surface area (Å²) < 4.78 is 27.8. The van der Waals surface area contributed by atoms with Crippen LogP contribution in [0, 0.1) is 5.82 Å². The smallest absolute Gasteiger partial charge is 0.174 e. The van der Waals surface area contributed by atoms with Gasteiger partial charge in [-0.1, -0.05) is 22.0 Å². The maximum Gasteiger partial charge on any atom is 0.174 e. The molecular formula is C29H25BrFN3O2S. The molecule has 5 nitrogen and oxygen atoms in total. The monoisotopic (exact) mass is 577 g/mol. The summed E-state index contributed by atoms with van der Waals surface area (Å²) in [6, 6.07) is 21.9. The molecule has 188 valence electrons. The number of aromatic nitrogens is 1. The molecule has 1 aliphatic heterocycles. The van der Waals surface area contributed by atoms with E-state index in [9.17, 15) is 4.39 Å². The Morgan fingerprint density at radius 3 is 2.57 bits per heavy atom. The van der Waals surface area contributed by atoms with Crippen molar-refractivity contribution in [2.24, 2.45) is 0 Å². The van der Waals surface area contributed by atoms with Crippen molar-refractivity contribution in [2.75, 3.05) is 4.90 Å². The molecule has 1 N–H and O–H groups in total. The van der Waals surface area contributed by atoms with Gasteiger partial charge in [-0.3, -0.25) is 4.98 Å². The number of pyridine rings is 1. The molecule has 0 bridgehead atoms. The molecule has 2 atom stereocenters. The van der Waals surface area contributed by atoms with Crippen LogP contribution >= 0.6 is 28.1 Å². The molecule has 0 spiro atoms. The van der Waals surface area contributed by atoms with Crippen LogP contribution in [0.4, 0.5) is 10.1 Å². The summed E-state index contributed by atoms with van der Waals surface area (Å²) in [5, 5.41) is 4.00. The molecule has 4 aromatic rings. The van der Waals surface area contributed by atoms with E-state index in [1.54, 1.807) is 24.4 Å². The Morgan fingerprint density at radius 2 is 1.84 bits per heavy atom. The maximum absolute atomic E-state index is 14.7. The van der Waals surface area contributed by atoms with Gasteiger partial charge in [0.15, 0.2) is 5.11 Å². The minimum Gasteiger partial charge on any atom is -0.490 e. The van der Waals surface area contributed by atoms with Crippen LogP contribution in [-0.2, 0) is 0 Å². The lowest BCUT2D eigenvalue weighted by Crippen LogP contribution is -2.29. The van der Waals surface area contributed by atoms with Crippen LogP contribution < -0.4 is 15.0 Å². The third-order valence-electron chi connectivity index (χ3n) is 6.93. The van der Waals surface area contributed by atoms with E-state index >= 15 is 0 Å². The second-order valence-corrected chi connectivity index (χ2v) is 10.6. The lowest BCUT2D eigenvalue weighted by atomic mass is 10.0. The van der Waals surface area contributed by atoms with Crippen molar-refractivity contribution < 1.29 is 13.5 Å². The molecular weight excluding hydrogens is 553 g/mol. The average molecular weight is 579 g/mol. The van der Waals surface area contributed by atoms with Crippen LogP contribution in [-0.4, -0.2) is 16.2 Å². The highest BCUT2D eigenvalue weighted by molar-refractivity contribution is 9.10. The molecule has 3 heterocycles. The number of rotatable bonds is 6. The number of benzene rings is 2. The van der Waals surface area contributed by atoms with Gasteiger partial charge < -0.3 is 19.4 Å². The summed E-state index contributed by atoms with van der Waals surface area (Å²) in [6.45, 7) is 0. The van der Waals surface area contributed by atoms with Gasteiger partial charge in [0.2, 0.25) is 0 Å². The van der Waals surface area contributed by atoms with Crippen molar-refractivity contribution in [3.05, 3.63) is 101 Å². The number of anilines is 1. The number of hydrogen-bond acceptors (Lipinski definition) is 4. The number of furan rings is 1. The van der Waals surface area contributed by atoms with E-state index in [4.69, 9.17) is 21.4 Å². The third kappa shape index (κ3) is 4.88. The first kappa shape index (κ1) is 24.1. The Labute approximate surface area is 228 Å². The van der Waals surface area contributed by atoms with Crippen molar-refractivity contribution in [1.82, 2.24) is 10.3 Å². The summed E-state index contributed by atoms with van der Waals surface area (Å²) in [5.74, 6) is 1.62. The van der Waals surface area contributed by atoms with Crippen molar-refractivity contribution in [1.29, 1.82) is 0 Å². The Hall–Kier alpha value is -3.23. The van der Waals surface area contributed by atoms with Crippen molar-refractivity contribution in [3.8, 4) is 17.1 Å². The van der Waals surface area contributed by atoms with Gasteiger partial charge in [-0.05, 0) is 105 Å². The molecule has 2 aromatic heterocycles. The summed E-state index contributed by atoms with van der Waals surface area (Å²) in [7, 11) is 0. The SMILES string of the molecule is Fc1cc(Br)ccc1-c1ccc([C@@H]2[C@@H](c3ccccn3)NC(=S)N2c2ccc(OC3CCCC3)cc2)o1. The zero-order chi connectivity index (χ0) is 25.4. The van der Waals surface area contributed by atoms with Crippen molar-refractivity contribution >= 4 is 38.9 Å². The number of hydrogen-bond donors (Lipinski definition) is 1. The summed E-state index contributed by atoms with van der Waals surface area (Å²) >= 11 is 9.12. The van der Waals surface area contributed by atoms with E-state index in [0.717, 1.165) is 30.0 Å². The van der Waals surface area contributed by atoms with Gasteiger partial charge in [0.1, 0.15) is 29.1 Å². The highest BCUT2D eigenvalue weighted by atomic mass is 79.9. The number of halogens is 2. The first-order valence-corrected chi connectivity index (χ1v) is 13.6. The standard InChI is InChI=1S/C29H25BrFN3O2S/c30-18-8-13-22(23(31)17-18)25-14-15-26(36-25)28-27(24-7-3-4-16-32-24)33-29(37)34(28)19-9-11-21(12-10-19)35-20-5-1-2-6-20/h3-4,7-17,20,27-28H,1-2,5-6H2,(H,33,37)/t27-,28-/m1/s1. The summed E-state index contributed by atoms with van der Waals surface area (Å²) in [4.78, 5) is 6.62. The molecule has 0 amide bonds. The predicted octanol–water partition coefficient (Wildman–Crippen LogP) is 7.74. The molecule has 1 saturated carbocycles. The van der Waals surface area contributed by atoms with Gasteiger partial charge in [0.05, 0.1) is 23.4 Å². The lowest BCUT2D eigenvalue weighted by molar-refractivity contribution is 0.210. The molecule has 1 saturated heterocycles. The Balaban J connectivity index is 1.36. The van der Waals surface area contributed by atoms with Crippen LogP contribution in [0.25, 0.3) is 11.3 Å². The zero-order valence-electron chi connectivity index (χ0n) is 19.9. The predicted molar refractivity (Wildman–Crippen MR) is 149 cm³/mol. The fourth-order valence-corrected chi connectivity index (χ4v) is 5.83. The Kier molecular flexibility index (Phi) is 6.69. The second-order valence-electron chi connectivity index (χ2n) is 9.34. The highest BCUT2D eigenvalue weighted by Gasteiger charge is 2.42. The Bertz CT molecular complexity index is 1410. The lowest BCUT2D eigenvalue weighted by Gasteiger charge is -2.26. The molecule has 8 heteroatoms. The first-order valence-electron chi connectivity index (χ1n) is 12.4. The molecule has 2 aliphatic rings. The first-order chi connectivity index (χ1) is 18.1. The van der Waals surface area contributed by atoms with Gasteiger partial charge in [-0.25, -0.2) is 4.39 Å². The van der Waals surface area contributed by atoms with E-state index in [-0.39, 0.29) is 17.9 Å². The summed E-state index contributed by atoms with van der Waals surface area (Å²) in [6.07, 6.45) is 6.72. The minimum atomic E-state index is -0.355. The van der Waals surface area contributed by atoms with E-state index in [0.29, 0.717) is 32.8 Å². The quantitative estimate of drug-likeness (QED) is 0.236. The van der Waals surface area contributed by atoms with Gasteiger partial charge in [-0.2, -0.15) is 0 Å². The van der Waals surface area contributed by atoms with E-state index in [1.807, 2.05) is 53.4 Å². The van der Waals surface area contributed by atoms with E-state index in [2.05, 4.69) is 26.2 Å². The number of nitrogens with zero attached hydrogens (tertiary/aromatic N) is 2. The Morgan fingerprint density at radius 1 is 1.03 bits per heavy atom. The van der Waals surface area contributed by atoms with Gasteiger partial charge in [0.25, 0.3) is 0 Å². The highest BCUT2D eigenvalue weighted by Crippen LogP contribution is 2.43. The number of ether oxygens (including phenoxy) is 1. The molecule has 1 aliphatic carbocycles. The van der Waals surface area contributed by atoms with E-state index < -0.39 is 0 Å². The van der Waals surface area contributed by atoms with Crippen molar-refractivity contribution in [2.45, 2.75) is 43.9 Å². The molecule has 2 fully saturated rings. The number of nitrogens with one attached hydrogen (secondary N) is 1. The summed E-state index contributed by atoms with van der Waals surface area (Å²) in [5.41, 5.74) is 2.15. The number of thiocarbonyl (C=S) groups is 1.